The molecule has 3 aromatic carbocycles. The Kier molecular flexibility index (Phi) is 5.51. The number of unbranched alkanes of at least 4 members (excludes halogenated alkanes) is 1. The summed E-state index contributed by atoms with van der Waals surface area (Å²) >= 11 is 0. The molecule has 2 atom stereocenters. The Labute approximate surface area is 199 Å². The van der Waals surface area contributed by atoms with Crippen LogP contribution >= 0.6 is 0 Å². The van der Waals surface area contributed by atoms with Crippen LogP contribution in [0.1, 0.15) is 48.7 Å². The van der Waals surface area contributed by atoms with Gasteiger partial charge in [-0.25, -0.2) is 0 Å². The fraction of sp³-hybridized carbons (Fsp3) is 0.286. The summed E-state index contributed by atoms with van der Waals surface area (Å²) in [5.41, 5.74) is 7.87. The smallest absolute Gasteiger partial charge is 0.195 e. The Hall–Kier alpha value is -3.64. The van der Waals surface area contributed by atoms with Gasteiger partial charge in [-0.3, -0.25) is 0 Å². The van der Waals surface area contributed by atoms with E-state index in [9.17, 15) is 0 Å². The molecule has 0 aromatic heterocycles. The van der Waals surface area contributed by atoms with Crippen molar-refractivity contribution in [2.75, 3.05) is 19.8 Å². The van der Waals surface area contributed by atoms with Gasteiger partial charge >= 0.3 is 0 Å². The maximum Gasteiger partial charge on any atom is 0.195 e. The lowest BCUT2D eigenvalue weighted by Gasteiger charge is -2.39. The molecule has 0 saturated heterocycles. The molecule has 34 heavy (non-hydrogen) atoms. The SMILES string of the molecule is CCCCOc1ccc([C@@H]2Oc3ccccc3[C@H]3C=C(c4ccc5c(c4)OCCO5)NN32)cc1. The van der Waals surface area contributed by atoms with Gasteiger partial charge in [0.2, 0.25) is 0 Å². The van der Waals surface area contributed by atoms with Gasteiger partial charge < -0.3 is 24.4 Å². The summed E-state index contributed by atoms with van der Waals surface area (Å²) in [7, 11) is 0. The predicted octanol–water partition coefficient (Wildman–Crippen LogP) is 5.63. The normalized spacial score (nSPS) is 20.4. The largest absolute Gasteiger partial charge is 0.494 e. The minimum atomic E-state index is -0.282. The standard InChI is InChI=1S/C28H28N2O4/c1-2-3-14-31-21-11-8-19(9-12-21)28-30-24(22-6-4-5-7-25(22)34-28)18-23(29-30)20-10-13-26-27(17-20)33-16-15-32-26/h4-13,17-18,24,28-29H,2-3,14-16H2,1H3/t24-,28+/m1/s1. The number of nitrogens with zero attached hydrogens (tertiary/aromatic N) is 1. The van der Waals surface area contributed by atoms with Crippen molar-refractivity contribution < 1.29 is 18.9 Å². The number of hydrogen-bond donors (Lipinski definition) is 1. The molecule has 174 valence electrons. The maximum atomic E-state index is 6.49. The first-order chi connectivity index (χ1) is 16.8. The molecule has 1 N–H and O–H groups in total. The van der Waals surface area contributed by atoms with Crippen molar-refractivity contribution in [3.63, 3.8) is 0 Å². The summed E-state index contributed by atoms with van der Waals surface area (Å²) in [4.78, 5) is 0. The monoisotopic (exact) mass is 456 g/mol. The number of fused-ring (bicyclic) bond motifs is 4. The highest BCUT2D eigenvalue weighted by Gasteiger charge is 2.40. The second-order valence-electron chi connectivity index (χ2n) is 8.68. The van der Waals surface area contributed by atoms with Crippen molar-refractivity contribution in [1.29, 1.82) is 0 Å². The van der Waals surface area contributed by atoms with E-state index in [2.05, 4.69) is 53.8 Å². The van der Waals surface area contributed by atoms with Gasteiger partial charge in [-0.15, -0.1) is 0 Å². The van der Waals surface area contributed by atoms with E-state index in [1.165, 1.54) is 0 Å². The fourth-order valence-electron chi connectivity index (χ4n) is 4.60. The molecule has 0 spiro atoms. The van der Waals surface area contributed by atoms with Crippen LogP contribution in [0.2, 0.25) is 0 Å². The highest BCUT2D eigenvalue weighted by Crippen LogP contribution is 2.46. The van der Waals surface area contributed by atoms with Crippen LogP contribution < -0.4 is 24.4 Å². The van der Waals surface area contributed by atoms with Crippen molar-refractivity contribution in [3.05, 3.63) is 89.5 Å². The van der Waals surface area contributed by atoms with Gasteiger partial charge in [-0.1, -0.05) is 43.7 Å². The highest BCUT2D eigenvalue weighted by atomic mass is 16.6. The highest BCUT2D eigenvalue weighted by molar-refractivity contribution is 5.70. The lowest BCUT2D eigenvalue weighted by Crippen LogP contribution is -2.43. The van der Waals surface area contributed by atoms with E-state index in [0.717, 1.165) is 64.8 Å². The van der Waals surface area contributed by atoms with E-state index < -0.39 is 0 Å². The molecular weight excluding hydrogens is 428 g/mol. The zero-order chi connectivity index (χ0) is 22.9. The third-order valence-corrected chi connectivity index (χ3v) is 6.39. The van der Waals surface area contributed by atoms with E-state index in [0.29, 0.717) is 13.2 Å². The summed E-state index contributed by atoms with van der Waals surface area (Å²) in [5, 5.41) is 2.17. The van der Waals surface area contributed by atoms with Gasteiger partial charge in [0.15, 0.2) is 17.7 Å². The van der Waals surface area contributed by atoms with Crippen molar-refractivity contribution in [2.24, 2.45) is 0 Å². The number of rotatable bonds is 6. The van der Waals surface area contributed by atoms with Gasteiger partial charge in [0, 0.05) is 16.7 Å². The average molecular weight is 457 g/mol. The van der Waals surface area contributed by atoms with Crippen molar-refractivity contribution in [3.8, 4) is 23.0 Å². The summed E-state index contributed by atoms with van der Waals surface area (Å²) in [6, 6.07) is 22.6. The molecule has 3 aliphatic rings. The molecule has 0 saturated carbocycles. The third-order valence-electron chi connectivity index (χ3n) is 6.39. The number of benzene rings is 3. The van der Waals surface area contributed by atoms with Crippen LogP contribution in [-0.4, -0.2) is 24.8 Å². The second-order valence-corrected chi connectivity index (χ2v) is 8.68. The van der Waals surface area contributed by atoms with Crippen LogP contribution in [-0.2, 0) is 0 Å². The molecule has 3 aliphatic heterocycles. The molecule has 6 nitrogen and oxygen atoms in total. The van der Waals surface area contributed by atoms with Crippen molar-refractivity contribution >= 4 is 5.70 Å². The number of hydrogen-bond acceptors (Lipinski definition) is 6. The molecule has 0 unspecified atom stereocenters. The quantitative estimate of drug-likeness (QED) is 0.485. The summed E-state index contributed by atoms with van der Waals surface area (Å²) < 4.78 is 23.8. The summed E-state index contributed by atoms with van der Waals surface area (Å²) in [6.45, 7) is 4.06. The summed E-state index contributed by atoms with van der Waals surface area (Å²) in [6.07, 6.45) is 4.14. The van der Waals surface area contributed by atoms with Crippen LogP contribution in [0.3, 0.4) is 0 Å². The van der Waals surface area contributed by atoms with Crippen LogP contribution in [0.15, 0.2) is 72.8 Å². The van der Waals surface area contributed by atoms with E-state index >= 15 is 0 Å². The van der Waals surface area contributed by atoms with Gasteiger partial charge in [0.25, 0.3) is 0 Å². The molecule has 6 rings (SSSR count). The van der Waals surface area contributed by atoms with E-state index in [4.69, 9.17) is 18.9 Å². The lowest BCUT2D eigenvalue weighted by atomic mass is 10.0. The summed E-state index contributed by atoms with van der Waals surface area (Å²) in [5.74, 6) is 3.36. The topological polar surface area (TPSA) is 52.2 Å². The Morgan fingerprint density at radius 3 is 2.62 bits per heavy atom. The fourth-order valence-corrected chi connectivity index (χ4v) is 4.60. The van der Waals surface area contributed by atoms with Crippen LogP contribution in [0.25, 0.3) is 5.70 Å². The first-order valence-corrected chi connectivity index (χ1v) is 12.0. The molecule has 0 radical (unpaired) electrons. The predicted molar refractivity (Wildman–Crippen MR) is 130 cm³/mol. The van der Waals surface area contributed by atoms with Crippen molar-refractivity contribution in [1.82, 2.24) is 10.4 Å². The molecule has 0 amide bonds. The molecule has 0 aliphatic carbocycles. The van der Waals surface area contributed by atoms with Crippen molar-refractivity contribution in [2.45, 2.75) is 32.0 Å². The molecule has 3 heterocycles. The Morgan fingerprint density at radius 2 is 1.76 bits per heavy atom. The first kappa shape index (κ1) is 20.9. The van der Waals surface area contributed by atoms with E-state index in [1.54, 1.807) is 0 Å². The molecule has 3 aromatic rings. The number of para-hydroxylation sites is 1. The molecular formula is C28H28N2O4. The number of hydrazine groups is 1. The Morgan fingerprint density at radius 1 is 0.941 bits per heavy atom. The van der Waals surface area contributed by atoms with Gasteiger partial charge in [-0.05, 0) is 48.9 Å². The zero-order valence-corrected chi connectivity index (χ0v) is 19.2. The van der Waals surface area contributed by atoms with Gasteiger partial charge in [-0.2, -0.15) is 5.01 Å². The first-order valence-electron chi connectivity index (χ1n) is 12.0. The van der Waals surface area contributed by atoms with E-state index in [1.807, 2.05) is 36.4 Å². The van der Waals surface area contributed by atoms with Crippen LogP contribution in [0.4, 0.5) is 0 Å². The zero-order valence-electron chi connectivity index (χ0n) is 19.2. The van der Waals surface area contributed by atoms with Gasteiger partial charge in [0.1, 0.15) is 24.7 Å². The minimum Gasteiger partial charge on any atom is -0.494 e. The third kappa shape index (κ3) is 3.84. The number of nitrogens with one attached hydrogen (secondary N) is 1. The Bertz CT molecular complexity index is 1210. The molecule has 6 heteroatoms. The van der Waals surface area contributed by atoms with Gasteiger partial charge in [0.05, 0.1) is 18.3 Å². The minimum absolute atomic E-state index is 0.0404. The van der Waals surface area contributed by atoms with Crippen LogP contribution in [0, 0.1) is 0 Å². The van der Waals surface area contributed by atoms with Crippen LogP contribution in [0.5, 0.6) is 23.0 Å². The Balaban J connectivity index is 1.30. The lowest BCUT2D eigenvalue weighted by molar-refractivity contribution is -0.0326. The second kappa shape index (κ2) is 8.95. The maximum absolute atomic E-state index is 6.49. The van der Waals surface area contributed by atoms with E-state index in [-0.39, 0.29) is 12.3 Å². The average Bonchev–Trinajstić information content (AvgIpc) is 3.34. The molecule has 0 bridgehead atoms. The number of ether oxygens (including phenoxy) is 4. The molecule has 0 fully saturated rings.